The topological polar surface area (TPSA) is 37.9 Å². The molecule has 0 spiro atoms. The van der Waals surface area contributed by atoms with Crippen molar-refractivity contribution >= 4 is 33.9 Å². The molecule has 1 aromatic heterocycles. The Hall–Kier alpha value is -3.98. The molecule has 0 fully saturated rings. The van der Waals surface area contributed by atoms with Gasteiger partial charge < -0.3 is 4.42 Å². The van der Waals surface area contributed by atoms with Crippen molar-refractivity contribution in [2.24, 2.45) is 15.9 Å². The van der Waals surface area contributed by atoms with E-state index in [-0.39, 0.29) is 6.04 Å². The highest BCUT2D eigenvalue weighted by Crippen LogP contribution is 2.38. The van der Waals surface area contributed by atoms with Crippen LogP contribution >= 0.6 is 0 Å². The van der Waals surface area contributed by atoms with E-state index in [2.05, 4.69) is 72.8 Å². The van der Waals surface area contributed by atoms with Crippen LogP contribution in [-0.2, 0) is 0 Å². The minimum atomic E-state index is 0.109. The fraction of sp³-hybridized carbons (Fsp3) is 0.133. The number of benzene rings is 3. The average Bonchev–Trinajstić information content (AvgIpc) is 3.27. The van der Waals surface area contributed by atoms with E-state index in [9.17, 15) is 0 Å². The summed E-state index contributed by atoms with van der Waals surface area (Å²) in [5.74, 6) is 0.314. The summed E-state index contributed by atoms with van der Waals surface area (Å²) in [7, 11) is 0. The van der Waals surface area contributed by atoms with Gasteiger partial charge in [-0.2, -0.15) is 0 Å². The van der Waals surface area contributed by atoms with Gasteiger partial charge in [0.25, 0.3) is 0 Å². The van der Waals surface area contributed by atoms with Crippen LogP contribution in [0.1, 0.15) is 18.4 Å². The molecule has 1 aliphatic carbocycles. The first kappa shape index (κ1) is 18.6. The lowest BCUT2D eigenvalue weighted by Crippen LogP contribution is -2.26. The van der Waals surface area contributed by atoms with Crippen LogP contribution in [-0.4, -0.2) is 18.0 Å². The highest BCUT2D eigenvalue weighted by atomic mass is 16.3. The number of para-hydroxylation sites is 2. The minimum absolute atomic E-state index is 0.109. The number of nitrogens with zero attached hydrogens (tertiary/aromatic N) is 2. The molecule has 33 heavy (non-hydrogen) atoms. The molecule has 3 aliphatic rings. The van der Waals surface area contributed by atoms with Crippen molar-refractivity contribution in [3.8, 4) is 11.1 Å². The molecule has 0 bridgehead atoms. The Balaban J connectivity index is 1.32. The molecule has 2 atom stereocenters. The maximum atomic E-state index is 6.29. The summed E-state index contributed by atoms with van der Waals surface area (Å²) in [6.07, 6.45) is 12.6. The Labute approximate surface area is 192 Å². The van der Waals surface area contributed by atoms with Crippen molar-refractivity contribution < 1.29 is 4.42 Å². The Kier molecular flexibility index (Phi) is 4.10. The van der Waals surface area contributed by atoms with Crippen LogP contribution in [0.2, 0.25) is 0 Å². The van der Waals surface area contributed by atoms with Crippen LogP contribution in [0.5, 0.6) is 0 Å². The van der Waals surface area contributed by atoms with Crippen LogP contribution < -0.4 is 0 Å². The number of dihydropyridines is 1. The maximum Gasteiger partial charge on any atom is 0.143 e. The number of fused-ring (bicyclic) bond motifs is 5. The molecule has 1 unspecified atom stereocenters. The fourth-order valence-corrected chi connectivity index (χ4v) is 5.30. The van der Waals surface area contributed by atoms with E-state index < -0.39 is 0 Å². The van der Waals surface area contributed by atoms with Gasteiger partial charge in [-0.15, -0.1) is 0 Å². The standard InChI is InChI=1S/C30H22N2O/c1-2-12-27-24(9-1)25-11-4-10-23(30(25)33-27)21-6-3-7-22(18-21)26-16-15-20-14-13-19-8-5-17-31-28(19)29(20)32-26/h1-14,17-19,28H,15-16H2/t19?,28-/m0/s1. The van der Waals surface area contributed by atoms with Gasteiger partial charge in [0.05, 0.1) is 5.70 Å². The van der Waals surface area contributed by atoms with Crippen LogP contribution in [0.15, 0.2) is 117 Å². The Morgan fingerprint density at radius 2 is 1.70 bits per heavy atom. The molecule has 0 amide bonds. The number of furan rings is 1. The van der Waals surface area contributed by atoms with Gasteiger partial charge >= 0.3 is 0 Å². The molecule has 0 N–H and O–H groups in total. The lowest BCUT2D eigenvalue weighted by atomic mass is 9.83. The second-order valence-corrected chi connectivity index (χ2v) is 8.89. The summed E-state index contributed by atoms with van der Waals surface area (Å²) >= 11 is 0. The number of allylic oxidation sites excluding steroid dienone is 3. The van der Waals surface area contributed by atoms with Gasteiger partial charge in [0.1, 0.15) is 17.2 Å². The fourth-order valence-electron chi connectivity index (χ4n) is 5.30. The van der Waals surface area contributed by atoms with Gasteiger partial charge in [0, 0.05) is 34.2 Å². The Morgan fingerprint density at radius 1 is 0.818 bits per heavy atom. The first-order valence-electron chi connectivity index (χ1n) is 11.5. The summed E-state index contributed by atoms with van der Waals surface area (Å²) in [5.41, 5.74) is 8.91. The molecule has 158 valence electrons. The van der Waals surface area contributed by atoms with Gasteiger partial charge in [-0.25, -0.2) is 0 Å². The van der Waals surface area contributed by atoms with Gasteiger partial charge in [0.2, 0.25) is 0 Å². The first-order valence-corrected chi connectivity index (χ1v) is 11.5. The first-order chi connectivity index (χ1) is 16.3. The molecule has 3 heterocycles. The number of aliphatic imine (C=N–C) groups is 2. The third-order valence-corrected chi connectivity index (χ3v) is 6.96. The molecule has 0 saturated carbocycles. The molecule has 0 radical (unpaired) electrons. The zero-order valence-electron chi connectivity index (χ0n) is 18.1. The average molecular weight is 427 g/mol. The second-order valence-electron chi connectivity index (χ2n) is 8.89. The van der Waals surface area contributed by atoms with Crippen molar-refractivity contribution in [1.82, 2.24) is 0 Å². The SMILES string of the molecule is C1=CC2C=CC3=C(N=C(c4cccc(-c5cccc6c5oc5ccccc56)c4)CC3)[C@H]2N=C1. The van der Waals surface area contributed by atoms with Crippen LogP contribution in [0, 0.1) is 5.92 Å². The molecule has 4 aromatic rings. The third kappa shape index (κ3) is 2.96. The molecule has 3 nitrogen and oxygen atoms in total. The normalized spacial score (nSPS) is 21.4. The predicted molar refractivity (Wildman–Crippen MR) is 136 cm³/mol. The summed E-state index contributed by atoms with van der Waals surface area (Å²) < 4.78 is 6.29. The summed E-state index contributed by atoms with van der Waals surface area (Å²) in [5, 5.41) is 2.31. The van der Waals surface area contributed by atoms with E-state index in [4.69, 9.17) is 14.4 Å². The van der Waals surface area contributed by atoms with Crippen molar-refractivity contribution in [1.29, 1.82) is 0 Å². The molecule has 3 aromatic carbocycles. The summed E-state index contributed by atoms with van der Waals surface area (Å²) in [6, 6.07) is 23.5. The Bertz CT molecular complexity index is 1580. The minimum Gasteiger partial charge on any atom is -0.455 e. The van der Waals surface area contributed by atoms with E-state index in [0.717, 1.165) is 57.3 Å². The molecular weight excluding hydrogens is 404 g/mol. The van der Waals surface area contributed by atoms with E-state index in [1.54, 1.807) is 0 Å². The Morgan fingerprint density at radius 3 is 2.70 bits per heavy atom. The van der Waals surface area contributed by atoms with Crippen LogP contribution in [0.4, 0.5) is 0 Å². The van der Waals surface area contributed by atoms with Gasteiger partial charge in [-0.3, -0.25) is 9.98 Å². The summed E-state index contributed by atoms with van der Waals surface area (Å²) in [4.78, 5) is 9.91. The van der Waals surface area contributed by atoms with E-state index in [0.29, 0.717) is 5.92 Å². The molecule has 3 heteroatoms. The monoisotopic (exact) mass is 426 g/mol. The third-order valence-electron chi connectivity index (χ3n) is 6.96. The highest BCUT2D eigenvalue weighted by molar-refractivity contribution is 6.10. The largest absolute Gasteiger partial charge is 0.455 e. The lowest BCUT2D eigenvalue weighted by molar-refractivity contribution is 0.626. The van der Waals surface area contributed by atoms with E-state index in [1.807, 2.05) is 24.4 Å². The van der Waals surface area contributed by atoms with Gasteiger partial charge in [-0.1, -0.05) is 72.8 Å². The smallest absolute Gasteiger partial charge is 0.143 e. The molecule has 7 rings (SSSR count). The van der Waals surface area contributed by atoms with E-state index >= 15 is 0 Å². The van der Waals surface area contributed by atoms with Crippen LogP contribution in [0.25, 0.3) is 33.1 Å². The maximum absolute atomic E-state index is 6.29. The zero-order valence-corrected chi connectivity index (χ0v) is 18.1. The highest BCUT2D eigenvalue weighted by Gasteiger charge is 2.30. The number of rotatable bonds is 2. The van der Waals surface area contributed by atoms with E-state index in [1.165, 1.54) is 11.1 Å². The van der Waals surface area contributed by atoms with Crippen molar-refractivity contribution in [2.75, 3.05) is 0 Å². The lowest BCUT2D eigenvalue weighted by Gasteiger charge is -2.30. The quantitative estimate of drug-likeness (QED) is 0.332. The van der Waals surface area contributed by atoms with Gasteiger partial charge in [-0.05, 0) is 47.8 Å². The predicted octanol–water partition coefficient (Wildman–Crippen LogP) is 7.29. The van der Waals surface area contributed by atoms with Crippen molar-refractivity contribution in [3.63, 3.8) is 0 Å². The van der Waals surface area contributed by atoms with Crippen LogP contribution in [0.3, 0.4) is 0 Å². The van der Waals surface area contributed by atoms with Crippen molar-refractivity contribution in [2.45, 2.75) is 18.9 Å². The number of hydrogen-bond donors (Lipinski definition) is 0. The molecule has 2 aliphatic heterocycles. The number of hydrogen-bond acceptors (Lipinski definition) is 3. The molecule has 0 saturated heterocycles. The zero-order chi connectivity index (χ0) is 21.8. The van der Waals surface area contributed by atoms with Gasteiger partial charge in [0.15, 0.2) is 0 Å². The second kappa shape index (κ2) is 7.28. The summed E-state index contributed by atoms with van der Waals surface area (Å²) in [6.45, 7) is 0. The molecular formula is C30H22N2O. The van der Waals surface area contributed by atoms with Crippen molar-refractivity contribution in [3.05, 3.63) is 108 Å².